The number of halogens is 3. The van der Waals surface area contributed by atoms with Gasteiger partial charge in [0.1, 0.15) is 30.3 Å². The molecule has 2 aromatic carbocycles. The minimum absolute atomic E-state index is 0.0989. The molecule has 3 aliphatic heterocycles. The van der Waals surface area contributed by atoms with Crippen LogP contribution in [0.2, 0.25) is 0 Å². The molecule has 0 spiro atoms. The number of likely N-dealkylation sites (tertiary alicyclic amines) is 1. The predicted molar refractivity (Wildman–Crippen MR) is 338 cm³/mol. The van der Waals surface area contributed by atoms with Gasteiger partial charge in [0, 0.05) is 30.4 Å². The van der Waals surface area contributed by atoms with Crippen LogP contribution >= 0.6 is 34.8 Å². The highest BCUT2D eigenvalue weighted by atomic mass is 35.6. The minimum Gasteiger partial charge on any atom is -0.461 e. The topological polar surface area (TPSA) is 283 Å². The van der Waals surface area contributed by atoms with Crippen molar-refractivity contribution in [3.8, 4) is 0 Å². The quantitative estimate of drug-likeness (QED) is 0.0532. The van der Waals surface area contributed by atoms with Gasteiger partial charge < -0.3 is 45.1 Å². The normalized spacial score (nSPS) is 21.8. The number of carbonyl (C=O) groups excluding carboxylic acids is 9. The molecule has 89 heavy (non-hydrogen) atoms. The number of alkyl halides is 3. The first-order valence-corrected chi connectivity index (χ1v) is 30.7. The summed E-state index contributed by atoms with van der Waals surface area (Å²) in [6, 6.07) is 15.8. The number of hydrogen-bond acceptors (Lipinski definition) is 16. The van der Waals surface area contributed by atoms with Crippen molar-refractivity contribution in [1.29, 1.82) is 0 Å². The zero-order valence-electron chi connectivity index (χ0n) is 52.6. The second-order valence-corrected chi connectivity index (χ2v) is 27.3. The third-order valence-corrected chi connectivity index (χ3v) is 15.2. The Kier molecular flexibility index (Phi) is 23.8. The average molecular weight is 1290 g/mol. The highest BCUT2D eigenvalue weighted by Crippen LogP contribution is 2.29. The van der Waals surface area contributed by atoms with E-state index >= 15 is 0 Å². The average Bonchev–Trinajstić information content (AvgIpc) is 3.06. The fourth-order valence-electron chi connectivity index (χ4n) is 9.48. The summed E-state index contributed by atoms with van der Waals surface area (Å²) in [5, 5.41) is 14.2. The maximum absolute atomic E-state index is 13.1. The van der Waals surface area contributed by atoms with Gasteiger partial charge in [-0.25, -0.2) is 10.2 Å². The molecule has 3 aliphatic rings. The molecule has 5 bridgehead atoms. The molecular weight excluding hydrogens is 1210 g/mol. The van der Waals surface area contributed by atoms with Crippen molar-refractivity contribution in [3.05, 3.63) is 95.3 Å². The molecule has 22 nitrogen and oxygen atoms in total. The Morgan fingerprint density at radius 2 is 1.45 bits per heavy atom. The summed E-state index contributed by atoms with van der Waals surface area (Å²) in [5.74, 6) is -4.62. The lowest BCUT2D eigenvalue weighted by atomic mass is 9.92. The molecule has 8 atom stereocenters. The highest BCUT2D eigenvalue weighted by molar-refractivity contribution is 6.67. The number of esters is 3. The second-order valence-electron chi connectivity index (χ2n) is 24.8. The van der Waals surface area contributed by atoms with E-state index < -0.39 is 111 Å². The summed E-state index contributed by atoms with van der Waals surface area (Å²) in [6.45, 7) is 22.3. The molecule has 482 valence electrons. The molecule has 0 radical (unpaired) electrons. The molecule has 5 N–H and O–H groups in total. The van der Waals surface area contributed by atoms with Crippen molar-refractivity contribution in [2.45, 2.75) is 168 Å². The molecule has 25 heteroatoms. The van der Waals surface area contributed by atoms with Gasteiger partial charge in [-0.2, -0.15) is 0 Å². The van der Waals surface area contributed by atoms with Gasteiger partial charge in [0.15, 0.2) is 12.2 Å². The van der Waals surface area contributed by atoms with E-state index in [1.54, 1.807) is 73.6 Å². The van der Waals surface area contributed by atoms with E-state index in [9.17, 15) is 43.2 Å². The first-order chi connectivity index (χ1) is 41.5. The molecule has 2 fully saturated rings. The van der Waals surface area contributed by atoms with Crippen LogP contribution in [0.4, 0.5) is 4.79 Å². The van der Waals surface area contributed by atoms with E-state index in [-0.39, 0.29) is 24.4 Å². The van der Waals surface area contributed by atoms with Gasteiger partial charge in [0.2, 0.25) is 15.6 Å². The van der Waals surface area contributed by atoms with Crippen molar-refractivity contribution in [1.82, 2.24) is 46.6 Å². The number of nitrogens with zero attached hydrogens (tertiary/aromatic N) is 4. The number of nitrogens with one attached hydrogen (secondary N) is 5. The van der Waals surface area contributed by atoms with Crippen LogP contribution in [0.25, 0.3) is 34.0 Å². The van der Waals surface area contributed by atoms with E-state index in [2.05, 4.69) is 26.7 Å². The first kappa shape index (κ1) is 70.7. The van der Waals surface area contributed by atoms with Crippen LogP contribution in [0.15, 0.2) is 72.8 Å². The van der Waals surface area contributed by atoms with E-state index in [1.165, 1.54) is 30.7 Å². The molecule has 0 saturated carbocycles. The smallest absolute Gasteiger partial charge is 0.408 e. The summed E-state index contributed by atoms with van der Waals surface area (Å²) < 4.78 is 19.6. The van der Waals surface area contributed by atoms with E-state index in [4.69, 9.17) is 63.7 Å². The molecule has 5 heterocycles. The number of hydrogen-bond donors (Lipinski definition) is 5. The number of hydrazine groups is 1. The van der Waals surface area contributed by atoms with Crippen LogP contribution < -0.4 is 26.7 Å². The molecular formula is C64H82Cl3N9O13. The number of rotatable bonds is 11. The van der Waals surface area contributed by atoms with Gasteiger partial charge in [-0.3, -0.25) is 53.3 Å². The number of amides is 6. The molecule has 0 unspecified atom stereocenters. The molecule has 2 saturated heterocycles. The second kappa shape index (κ2) is 29.9. The number of pyridine rings is 2. The predicted octanol–water partition coefficient (Wildman–Crippen LogP) is 8.85. The largest absolute Gasteiger partial charge is 0.461 e. The maximum Gasteiger partial charge on any atom is 0.408 e. The van der Waals surface area contributed by atoms with E-state index in [0.717, 1.165) is 27.4 Å². The molecule has 0 aliphatic carbocycles. The van der Waals surface area contributed by atoms with Gasteiger partial charge in [-0.05, 0) is 151 Å². The minimum atomic E-state index is -1.74. The lowest BCUT2D eigenvalue weighted by Crippen LogP contribution is -2.61. The summed E-state index contributed by atoms with van der Waals surface area (Å²) in [6.07, 6.45) is 6.40. The monoisotopic (exact) mass is 1290 g/mol. The first-order valence-electron chi connectivity index (χ1n) is 29.6. The Balaban J connectivity index is 0.000000295. The Morgan fingerprint density at radius 1 is 0.809 bits per heavy atom. The van der Waals surface area contributed by atoms with Crippen LogP contribution in [0.5, 0.6) is 0 Å². The third-order valence-electron chi connectivity index (χ3n) is 14.9. The van der Waals surface area contributed by atoms with Crippen molar-refractivity contribution < 1.29 is 62.1 Å². The summed E-state index contributed by atoms with van der Waals surface area (Å²) in [4.78, 5) is 126. The number of fused-ring (bicyclic) bond motifs is 5. The van der Waals surface area contributed by atoms with Gasteiger partial charge in [0.25, 0.3) is 17.7 Å². The third kappa shape index (κ3) is 20.6. The van der Waals surface area contributed by atoms with E-state index in [0.29, 0.717) is 55.7 Å². The summed E-state index contributed by atoms with van der Waals surface area (Å²) >= 11 is 17.0. The van der Waals surface area contributed by atoms with Crippen molar-refractivity contribution >= 4 is 122 Å². The van der Waals surface area contributed by atoms with Crippen molar-refractivity contribution in [2.24, 2.45) is 16.7 Å². The number of benzene rings is 2. The Morgan fingerprint density at radius 3 is 2.13 bits per heavy atom. The van der Waals surface area contributed by atoms with Crippen LogP contribution in [0, 0.1) is 16.7 Å². The maximum atomic E-state index is 13.1. The van der Waals surface area contributed by atoms with Gasteiger partial charge in [-0.15, -0.1) is 0 Å². The van der Waals surface area contributed by atoms with Gasteiger partial charge in [0.05, 0.1) is 51.3 Å². The zero-order valence-corrected chi connectivity index (χ0v) is 54.9. The number of ether oxygens (including phenoxy) is 4. The van der Waals surface area contributed by atoms with Crippen LogP contribution in [0.3, 0.4) is 0 Å². The van der Waals surface area contributed by atoms with Crippen LogP contribution in [-0.4, -0.2) is 139 Å². The lowest BCUT2D eigenvalue weighted by molar-refractivity contribution is -0.161. The van der Waals surface area contributed by atoms with Gasteiger partial charge in [-0.1, -0.05) is 95.5 Å². The van der Waals surface area contributed by atoms with E-state index in [1.807, 2.05) is 80.6 Å². The highest BCUT2D eigenvalue weighted by Gasteiger charge is 2.37. The van der Waals surface area contributed by atoms with Crippen LogP contribution in [0.1, 0.15) is 150 Å². The lowest BCUT2D eigenvalue weighted by Gasteiger charge is -2.35. The Hall–Kier alpha value is -7.40. The Labute approximate surface area is 534 Å². The molecule has 7 rings (SSSR count). The van der Waals surface area contributed by atoms with Gasteiger partial charge >= 0.3 is 24.0 Å². The summed E-state index contributed by atoms with van der Waals surface area (Å²) in [5.41, 5.74) is 4.68. The fraction of sp³-hybridized carbons (Fsp3) is 0.516. The zero-order chi connectivity index (χ0) is 65.9. The number of piperidine rings is 1. The number of alkyl carbamates (subject to hydrolysis) is 1. The fourth-order valence-corrected chi connectivity index (χ4v) is 9.64. The molecule has 2 aromatic heterocycles. The number of aromatic nitrogens is 2. The Bertz CT molecular complexity index is 3360. The van der Waals surface area contributed by atoms with Crippen molar-refractivity contribution in [3.63, 3.8) is 0 Å². The molecule has 6 amide bonds. The SMILES string of the molecule is C[C@@H]1NC(=O)[C@H](C)OC(=O)C(C)(C)/C=C/c2ccc3ccc(nc3c2)[C@@H](C)NC(=O)[C@@H]2CCCN(N2)C1=O.C[C@H](NC(=O)[C@H](C)OC(=O)C(C)(C)/C=C/c1ccc2ccc([C@@H](C)NC(=O)OC(C)(C)C)nc2c1)C(=O)N1CCC[C@@H](C(=O)OCC(Cl)(Cl)Cl)C1. The van der Waals surface area contributed by atoms with Crippen molar-refractivity contribution in [2.75, 3.05) is 26.2 Å². The standard InChI is InChI=1S/C36H47Cl3N4O8.C28H35N5O5/c1-21(41-33(48)51-34(4,5)6)27-14-13-25-12-11-24(18-28(25)42-27)15-16-35(7,8)32(47)50-23(3)29(44)40-22(2)30(45)43-17-9-10-26(19-43)31(46)49-20-36(37,38)39;1-16-21-11-10-20-9-8-19(15-23(20)31-21)12-13-28(4,5)27(37)38-18(3)24(34)30-17(2)26(36)33-14-6-7-22(32-33)25(35)29-16/h11-16,18,21-23,26H,9-10,17,19-20H2,1-8H3,(H,40,44)(H,41,48);8-13,15-18,22,32H,6-7,14H2,1-5H3,(H,29,35)(H,30,34)/b16-15+;13-12+/t21-,22+,23+,26-;16-,17+,18+,22+/m11/s1. The number of cyclic esters (lactones) is 1. The van der Waals surface area contributed by atoms with Crippen LogP contribution in [-0.2, 0) is 57.3 Å². The molecule has 4 aromatic rings. The summed E-state index contributed by atoms with van der Waals surface area (Å²) in [7, 11) is 0. The number of carbonyl (C=O) groups is 9.